The molecule has 14 heavy (non-hydrogen) atoms. The maximum atomic E-state index is 5.54. The first-order valence-corrected chi connectivity index (χ1v) is 5.62. The molecule has 1 aliphatic heterocycles. The summed E-state index contributed by atoms with van der Waals surface area (Å²) in [5.74, 6) is 0. The molecule has 2 aliphatic rings. The number of piperazine rings is 1. The van der Waals surface area contributed by atoms with Crippen molar-refractivity contribution in [2.45, 2.75) is 18.9 Å². The quantitative estimate of drug-likeness (QED) is 0.654. The van der Waals surface area contributed by atoms with E-state index in [1.807, 2.05) is 0 Å². The highest BCUT2D eigenvalue weighted by molar-refractivity contribution is 4.99. The van der Waals surface area contributed by atoms with E-state index in [1.165, 1.54) is 39.0 Å². The molecule has 2 fully saturated rings. The van der Waals surface area contributed by atoms with Gasteiger partial charge in [0.15, 0.2) is 0 Å². The molecule has 0 atom stereocenters. The summed E-state index contributed by atoms with van der Waals surface area (Å²) in [7, 11) is 0. The fraction of sp³-hybridized carbons (Fsp3) is 0.818. The molecule has 1 aliphatic carbocycles. The molecular weight excluding hydrogens is 174 g/mol. The Morgan fingerprint density at radius 2 is 1.86 bits per heavy atom. The third-order valence-electron chi connectivity index (χ3n) is 3.21. The van der Waals surface area contributed by atoms with Gasteiger partial charge in [0.05, 0.1) is 0 Å². The highest BCUT2D eigenvalue weighted by atomic mass is 15.3. The van der Waals surface area contributed by atoms with Gasteiger partial charge in [-0.2, -0.15) is 0 Å². The van der Waals surface area contributed by atoms with Gasteiger partial charge in [0, 0.05) is 45.3 Å². The van der Waals surface area contributed by atoms with Crippen LogP contribution in [0.5, 0.6) is 0 Å². The zero-order chi connectivity index (χ0) is 9.97. The normalized spacial score (nSPS) is 25.2. The van der Waals surface area contributed by atoms with Crippen molar-refractivity contribution in [1.29, 1.82) is 0 Å². The third-order valence-corrected chi connectivity index (χ3v) is 3.21. The molecule has 80 valence electrons. The van der Waals surface area contributed by atoms with Crippen molar-refractivity contribution >= 4 is 0 Å². The van der Waals surface area contributed by atoms with Crippen LogP contribution in [0.25, 0.3) is 0 Å². The Balaban J connectivity index is 1.69. The Morgan fingerprint density at radius 1 is 1.21 bits per heavy atom. The van der Waals surface area contributed by atoms with Crippen molar-refractivity contribution in [1.82, 2.24) is 9.80 Å². The van der Waals surface area contributed by atoms with Gasteiger partial charge in [-0.15, -0.1) is 0 Å². The lowest BCUT2D eigenvalue weighted by Crippen LogP contribution is -2.47. The summed E-state index contributed by atoms with van der Waals surface area (Å²) < 4.78 is 0. The van der Waals surface area contributed by atoms with Crippen LogP contribution >= 0.6 is 0 Å². The van der Waals surface area contributed by atoms with Gasteiger partial charge in [-0.3, -0.25) is 9.80 Å². The van der Waals surface area contributed by atoms with Crippen LogP contribution < -0.4 is 5.73 Å². The molecule has 2 rings (SSSR count). The number of nitrogens with zero attached hydrogens (tertiary/aromatic N) is 2. The van der Waals surface area contributed by atoms with Crippen LogP contribution in [0.1, 0.15) is 12.8 Å². The predicted molar refractivity (Wildman–Crippen MR) is 59.2 cm³/mol. The molecule has 0 amide bonds. The van der Waals surface area contributed by atoms with Crippen molar-refractivity contribution in [2.75, 3.05) is 39.3 Å². The highest BCUT2D eigenvalue weighted by Crippen LogP contribution is 2.27. The molecule has 1 saturated carbocycles. The van der Waals surface area contributed by atoms with E-state index in [1.54, 1.807) is 0 Å². The third kappa shape index (κ3) is 2.56. The van der Waals surface area contributed by atoms with Crippen LogP contribution in [0.3, 0.4) is 0 Å². The van der Waals surface area contributed by atoms with Crippen molar-refractivity contribution in [3.63, 3.8) is 0 Å². The van der Waals surface area contributed by atoms with Gasteiger partial charge in [-0.25, -0.2) is 0 Å². The minimum absolute atomic E-state index is 0.628. The molecule has 0 aromatic heterocycles. The van der Waals surface area contributed by atoms with E-state index in [2.05, 4.69) is 16.4 Å². The minimum atomic E-state index is 0.628. The molecule has 0 radical (unpaired) electrons. The van der Waals surface area contributed by atoms with Gasteiger partial charge in [0.25, 0.3) is 0 Å². The summed E-state index contributed by atoms with van der Waals surface area (Å²) in [5, 5.41) is 0. The second-order valence-electron chi connectivity index (χ2n) is 4.50. The fourth-order valence-electron chi connectivity index (χ4n) is 2.11. The Morgan fingerprint density at radius 3 is 2.36 bits per heavy atom. The SMILES string of the molecule is C=C(CN)CN1CCN(C2CC2)CC1. The predicted octanol–water partition coefficient (Wildman–Crippen LogP) is 0.281. The molecule has 0 aromatic carbocycles. The van der Waals surface area contributed by atoms with E-state index in [0.717, 1.165) is 18.2 Å². The molecule has 3 heteroatoms. The molecule has 1 heterocycles. The number of hydrogen-bond donors (Lipinski definition) is 1. The standard InChI is InChI=1S/C11H21N3/c1-10(8-12)9-13-4-6-14(7-5-13)11-2-3-11/h11H,1-9,12H2. The zero-order valence-electron chi connectivity index (χ0n) is 8.91. The van der Waals surface area contributed by atoms with Crippen LogP contribution in [-0.2, 0) is 0 Å². The first-order valence-electron chi connectivity index (χ1n) is 5.62. The molecule has 0 unspecified atom stereocenters. The summed E-state index contributed by atoms with van der Waals surface area (Å²) in [5.41, 5.74) is 6.70. The van der Waals surface area contributed by atoms with E-state index in [9.17, 15) is 0 Å². The second kappa shape index (κ2) is 4.43. The van der Waals surface area contributed by atoms with Crippen molar-refractivity contribution in [2.24, 2.45) is 5.73 Å². The Bertz CT molecular complexity index is 203. The molecule has 1 saturated heterocycles. The lowest BCUT2D eigenvalue weighted by atomic mass is 10.2. The van der Waals surface area contributed by atoms with E-state index >= 15 is 0 Å². The minimum Gasteiger partial charge on any atom is -0.327 e. The van der Waals surface area contributed by atoms with Gasteiger partial charge in [-0.05, 0) is 18.4 Å². The van der Waals surface area contributed by atoms with Crippen LogP contribution in [-0.4, -0.2) is 55.1 Å². The number of nitrogens with two attached hydrogens (primary N) is 1. The van der Waals surface area contributed by atoms with Gasteiger partial charge in [0.2, 0.25) is 0 Å². The summed E-state index contributed by atoms with van der Waals surface area (Å²) in [6.45, 7) is 10.4. The van der Waals surface area contributed by atoms with Crippen LogP contribution in [0.4, 0.5) is 0 Å². The number of rotatable bonds is 4. The molecule has 0 bridgehead atoms. The van der Waals surface area contributed by atoms with Crippen molar-refractivity contribution in [3.8, 4) is 0 Å². The summed E-state index contributed by atoms with van der Waals surface area (Å²) >= 11 is 0. The van der Waals surface area contributed by atoms with Crippen molar-refractivity contribution in [3.05, 3.63) is 12.2 Å². The molecule has 0 spiro atoms. The Labute approximate surface area is 86.5 Å². The zero-order valence-corrected chi connectivity index (χ0v) is 8.91. The van der Waals surface area contributed by atoms with E-state index < -0.39 is 0 Å². The first kappa shape index (κ1) is 10.1. The second-order valence-corrected chi connectivity index (χ2v) is 4.50. The van der Waals surface area contributed by atoms with Gasteiger partial charge < -0.3 is 5.73 Å². The lowest BCUT2D eigenvalue weighted by molar-refractivity contribution is 0.134. The molecular formula is C11H21N3. The summed E-state index contributed by atoms with van der Waals surface area (Å²) in [4.78, 5) is 5.09. The molecule has 2 N–H and O–H groups in total. The largest absolute Gasteiger partial charge is 0.327 e. The van der Waals surface area contributed by atoms with E-state index in [0.29, 0.717) is 6.54 Å². The fourth-order valence-corrected chi connectivity index (χ4v) is 2.11. The van der Waals surface area contributed by atoms with E-state index in [4.69, 9.17) is 5.73 Å². The maximum Gasteiger partial charge on any atom is 0.0203 e. The summed E-state index contributed by atoms with van der Waals surface area (Å²) in [6, 6.07) is 0.926. The molecule has 3 nitrogen and oxygen atoms in total. The smallest absolute Gasteiger partial charge is 0.0203 e. The lowest BCUT2D eigenvalue weighted by Gasteiger charge is -2.35. The first-order chi connectivity index (χ1) is 6.79. The van der Waals surface area contributed by atoms with Gasteiger partial charge in [0.1, 0.15) is 0 Å². The van der Waals surface area contributed by atoms with Crippen LogP contribution in [0, 0.1) is 0 Å². The Hall–Kier alpha value is -0.380. The van der Waals surface area contributed by atoms with Crippen molar-refractivity contribution < 1.29 is 0 Å². The molecule has 0 aromatic rings. The average molecular weight is 195 g/mol. The topological polar surface area (TPSA) is 32.5 Å². The van der Waals surface area contributed by atoms with Crippen LogP contribution in [0.15, 0.2) is 12.2 Å². The number of hydrogen-bond acceptors (Lipinski definition) is 3. The van der Waals surface area contributed by atoms with E-state index in [-0.39, 0.29) is 0 Å². The monoisotopic (exact) mass is 195 g/mol. The van der Waals surface area contributed by atoms with Gasteiger partial charge >= 0.3 is 0 Å². The maximum absolute atomic E-state index is 5.54. The highest BCUT2D eigenvalue weighted by Gasteiger charge is 2.30. The Kier molecular flexibility index (Phi) is 3.21. The van der Waals surface area contributed by atoms with Gasteiger partial charge in [-0.1, -0.05) is 6.58 Å². The van der Waals surface area contributed by atoms with Crippen LogP contribution in [0.2, 0.25) is 0 Å². The average Bonchev–Trinajstić information content (AvgIpc) is 3.02. The summed E-state index contributed by atoms with van der Waals surface area (Å²) in [6.07, 6.45) is 2.85.